The standard InChI is InChI=1S/C21H21FN4O.HI/c1-23-21(25-13-16-6-3-2-4-7-16)26-14-17-9-10-20(19(22)12-17)27-18-8-5-11-24-15-18;/h2-12,15H,13-14H2,1H3,(H2,23,25,26);1H. The highest BCUT2D eigenvalue weighted by molar-refractivity contribution is 14.0. The molecule has 0 aliphatic heterocycles. The molecule has 0 aliphatic carbocycles. The molecule has 0 atom stereocenters. The van der Waals surface area contributed by atoms with Crippen molar-refractivity contribution < 1.29 is 9.13 Å². The van der Waals surface area contributed by atoms with Gasteiger partial charge in [-0.05, 0) is 35.4 Å². The van der Waals surface area contributed by atoms with Gasteiger partial charge in [0.15, 0.2) is 17.5 Å². The molecular weight excluding hydrogens is 470 g/mol. The SMILES string of the molecule is CN=C(NCc1ccccc1)NCc1ccc(Oc2cccnc2)c(F)c1.I. The zero-order chi connectivity index (χ0) is 18.9. The highest BCUT2D eigenvalue weighted by atomic mass is 127. The number of pyridine rings is 1. The molecule has 0 fully saturated rings. The van der Waals surface area contributed by atoms with Gasteiger partial charge in [0.25, 0.3) is 0 Å². The molecule has 1 aromatic heterocycles. The lowest BCUT2D eigenvalue weighted by molar-refractivity contribution is 0.440. The van der Waals surface area contributed by atoms with Crippen molar-refractivity contribution in [2.45, 2.75) is 13.1 Å². The maximum absolute atomic E-state index is 14.3. The molecule has 146 valence electrons. The first kappa shape index (κ1) is 21.6. The van der Waals surface area contributed by atoms with Gasteiger partial charge in [0.1, 0.15) is 5.75 Å². The molecule has 0 radical (unpaired) electrons. The summed E-state index contributed by atoms with van der Waals surface area (Å²) in [6.45, 7) is 1.10. The largest absolute Gasteiger partial charge is 0.453 e. The van der Waals surface area contributed by atoms with Gasteiger partial charge in [-0.15, -0.1) is 24.0 Å². The molecule has 0 unspecified atom stereocenters. The van der Waals surface area contributed by atoms with E-state index in [0.29, 0.717) is 24.8 Å². The van der Waals surface area contributed by atoms with Crippen LogP contribution in [-0.2, 0) is 13.1 Å². The number of aromatic nitrogens is 1. The Bertz CT molecular complexity index is 891. The van der Waals surface area contributed by atoms with Crippen molar-refractivity contribution in [2.75, 3.05) is 7.05 Å². The summed E-state index contributed by atoms with van der Waals surface area (Å²) >= 11 is 0. The molecule has 7 heteroatoms. The molecule has 0 bridgehead atoms. The smallest absolute Gasteiger partial charge is 0.191 e. The molecule has 1 heterocycles. The number of aliphatic imine (C=N–C) groups is 1. The third-order valence-corrected chi connectivity index (χ3v) is 3.84. The Kier molecular flexibility index (Phi) is 8.67. The fourth-order valence-electron chi connectivity index (χ4n) is 2.46. The van der Waals surface area contributed by atoms with Crippen LogP contribution in [0.5, 0.6) is 11.5 Å². The number of hydrogen-bond donors (Lipinski definition) is 2. The van der Waals surface area contributed by atoms with Crippen molar-refractivity contribution in [1.82, 2.24) is 15.6 Å². The number of nitrogens with zero attached hydrogens (tertiary/aromatic N) is 2. The molecule has 28 heavy (non-hydrogen) atoms. The van der Waals surface area contributed by atoms with Crippen molar-refractivity contribution in [3.63, 3.8) is 0 Å². The van der Waals surface area contributed by atoms with Crippen LogP contribution >= 0.6 is 24.0 Å². The summed E-state index contributed by atoms with van der Waals surface area (Å²) in [5.74, 6) is 0.881. The van der Waals surface area contributed by atoms with Crippen LogP contribution in [0.25, 0.3) is 0 Å². The van der Waals surface area contributed by atoms with Crippen LogP contribution in [0.15, 0.2) is 78.0 Å². The Morgan fingerprint density at radius 1 is 1.00 bits per heavy atom. The summed E-state index contributed by atoms with van der Waals surface area (Å²) in [5.41, 5.74) is 1.94. The molecule has 0 saturated heterocycles. The van der Waals surface area contributed by atoms with E-state index in [9.17, 15) is 4.39 Å². The summed E-state index contributed by atoms with van der Waals surface area (Å²) in [6.07, 6.45) is 3.17. The monoisotopic (exact) mass is 492 g/mol. The second-order valence-corrected chi connectivity index (χ2v) is 5.82. The van der Waals surface area contributed by atoms with E-state index < -0.39 is 5.82 Å². The van der Waals surface area contributed by atoms with Gasteiger partial charge >= 0.3 is 0 Å². The topological polar surface area (TPSA) is 58.5 Å². The fraction of sp³-hybridized carbons (Fsp3) is 0.143. The lowest BCUT2D eigenvalue weighted by Gasteiger charge is -2.13. The van der Waals surface area contributed by atoms with Gasteiger partial charge in [-0.25, -0.2) is 4.39 Å². The summed E-state index contributed by atoms with van der Waals surface area (Å²) in [6, 6.07) is 18.4. The maximum Gasteiger partial charge on any atom is 0.191 e. The van der Waals surface area contributed by atoms with Gasteiger partial charge in [-0.1, -0.05) is 36.4 Å². The average Bonchev–Trinajstić information content (AvgIpc) is 2.71. The maximum atomic E-state index is 14.3. The summed E-state index contributed by atoms with van der Waals surface area (Å²) in [4.78, 5) is 8.13. The van der Waals surface area contributed by atoms with Crippen LogP contribution < -0.4 is 15.4 Å². The molecule has 2 aromatic carbocycles. The first-order valence-corrected chi connectivity index (χ1v) is 8.59. The molecular formula is C21H22FIN4O. The molecule has 0 spiro atoms. The van der Waals surface area contributed by atoms with Crippen molar-refractivity contribution >= 4 is 29.9 Å². The Balaban J connectivity index is 0.00000280. The van der Waals surface area contributed by atoms with Crippen molar-refractivity contribution in [1.29, 1.82) is 0 Å². The Morgan fingerprint density at radius 3 is 2.39 bits per heavy atom. The molecule has 0 aliphatic rings. The van der Waals surface area contributed by atoms with Gasteiger partial charge < -0.3 is 15.4 Å². The van der Waals surface area contributed by atoms with E-state index >= 15 is 0 Å². The third kappa shape index (κ3) is 6.49. The van der Waals surface area contributed by atoms with Gasteiger partial charge in [0.2, 0.25) is 0 Å². The average molecular weight is 492 g/mol. The highest BCUT2D eigenvalue weighted by Crippen LogP contribution is 2.24. The molecule has 0 saturated carbocycles. The molecule has 0 amide bonds. The normalized spacial score (nSPS) is 10.7. The second-order valence-electron chi connectivity index (χ2n) is 5.82. The van der Waals surface area contributed by atoms with E-state index in [1.165, 1.54) is 12.3 Å². The predicted octanol–water partition coefficient (Wildman–Crippen LogP) is 4.50. The minimum atomic E-state index is -0.426. The van der Waals surface area contributed by atoms with E-state index in [0.717, 1.165) is 11.1 Å². The van der Waals surface area contributed by atoms with Crippen molar-refractivity contribution in [3.05, 3.63) is 90.0 Å². The summed E-state index contributed by atoms with van der Waals surface area (Å²) in [5, 5.41) is 6.40. The number of nitrogens with one attached hydrogen (secondary N) is 2. The van der Waals surface area contributed by atoms with Crippen molar-refractivity contribution in [2.24, 2.45) is 4.99 Å². The number of guanidine groups is 1. The van der Waals surface area contributed by atoms with Gasteiger partial charge in [0, 0.05) is 26.3 Å². The van der Waals surface area contributed by atoms with Crippen LogP contribution in [0, 0.1) is 5.82 Å². The van der Waals surface area contributed by atoms with Crippen LogP contribution in [0.4, 0.5) is 4.39 Å². The second kappa shape index (κ2) is 11.2. The molecule has 3 rings (SSSR count). The van der Waals surface area contributed by atoms with Crippen LogP contribution in [-0.4, -0.2) is 18.0 Å². The van der Waals surface area contributed by atoms with Gasteiger partial charge in [-0.3, -0.25) is 9.98 Å². The van der Waals surface area contributed by atoms with E-state index in [2.05, 4.69) is 20.6 Å². The Hall–Kier alpha value is -2.68. The van der Waals surface area contributed by atoms with Crippen LogP contribution in [0.3, 0.4) is 0 Å². The molecule has 3 aromatic rings. The number of benzene rings is 2. The first-order chi connectivity index (χ1) is 13.2. The lowest BCUT2D eigenvalue weighted by Crippen LogP contribution is -2.36. The lowest BCUT2D eigenvalue weighted by atomic mass is 10.2. The number of halogens is 2. The Labute approximate surface area is 181 Å². The predicted molar refractivity (Wildman–Crippen MR) is 120 cm³/mol. The van der Waals surface area contributed by atoms with E-state index in [4.69, 9.17) is 4.74 Å². The molecule has 2 N–H and O–H groups in total. The van der Waals surface area contributed by atoms with E-state index in [1.54, 1.807) is 31.4 Å². The van der Waals surface area contributed by atoms with E-state index in [-0.39, 0.29) is 29.7 Å². The molecule has 5 nitrogen and oxygen atoms in total. The number of rotatable bonds is 6. The minimum absolute atomic E-state index is 0. The van der Waals surface area contributed by atoms with Crippen molar-refractivity contribution in [3.8, 4) is 11.5 Å². The summed E-state index contributed by atoms with van der Waals surface area (Å²) in [7, 11) is 1.70. The fourth-order valence-corrected chi connectivity index (χ4v) is 2.46. The highest BCUT2D eigenvalue weighted by Gasteiger charge is 2.07. The van der Waals surface area contributed by atoms with Gasteiger partial charge in [0.05, 0.1) is 6.20 Å². The zero-order valence-electron chi connectivity index (χ0n) is 15.4. The van der Waals surface area contributed by atoms with Crippen LogP contribution in [0.2, 0.25) is 0 Å². The number of hydrogen-bond acceptors (Lipinski definition) is 3. The first-order valence-electron chi connectivity index (χ1n) is 8.59. The Morgan fingerprint density at radius 2 is 1.75 bits per heavy atom. The summed E-state index contributed by atoms with van der Waals surface area (Å²) < 4.78 is 19.8. The number of ether oxygens (including phenoxy) is 1. The zero-order valence-corrected chi connectivity index (χ0v) is 17.8. The minimum Gasteiger partial charge on any atom is -0.453 e. The quantitative estimate of drug-likeness (QED) is 0.303. The van der Waals surface area contributed by atoms with E-state index in [1.807, 2.05) is 36.4 Å². The third-order valence-electron chi connectivity index (χ3n) is 3.84. The van der Waals surface area contributed by atoms with Gasteiger partial charge in [-0.2, -0.15) is 0 Å². The van der Waals surface area contributed by atoms with Crippen LogP contribution in [0.1, 0.15) is 11.1 Å².